The predicted octanol–water partition coefficient (Wildman–Crippen LogP) is 4.09. The molecule has 1 aliphatic heterocycles. The molecule has 2 aromatic rings. The van der Waals surface area contributed by atoms with E-state index < -0.39 is 11.6 Å². The number of hydrogen-bond donors (Lipinski definition) is 0. The van der Waals surface area contributed by atoms with Gasteiger partial charge in [-0.05, 0) is 50.1 Å². The second-order valence-electron chi connectivity index (χ2n) is 6.43. The molecule has 1 amide bonds. The maximum atomic E-state index is 13.7. The molecule has 3 rings (SSSR count). The van der Waals surface area contributed by atoms with Crippen molar-refractivity contribution in [2.45, 2.75) is 32.5 Å². The van der Waals surface area contributed by atoms with E-state index in [0.29, 0.717) is 18.7 Å². The quantitative estimate of drug-likeness (QED) is 0.835. The van der Waals surface area contributed by atoms with Crippen LogP contribution < -0.4 is 0 Å². The van der Waals surface area contributed by atoms with Crippen LogP contribution in [0.15, 0.2) is 42.5 Å². The number of likely N-dealkylation sites (tertiary alicyclic amines) is 1. The second-order valence-corrected chi connectivity index (χ2v) is 6.43. The van der Waals surface area contributed by atoms with Gasteiger partial charge in [-0.3, -0.25) is 4.79 Å². The van der Waals surface area contributed by atoms with Crippen molar-refractivity contribution in [1.82, 2.24) is 4.90 Å². The van der Waals surface area contributed by atoms with E-state index in [1.54, 1.807) is 4.90 Å². The summed E-state index contributed by atoms with van der Waals surface area (Å²) in [5.41, 5.74) is 1.96. The summed E-state index contributed by atoms with van der Waals surface area (Å²) in [5, 5.41) is 0. The Kier molecular flexibility index (Phi) is 5.43. The van der Waals surface area contributed by atoms with E-state index in [-0.39, 0.29) is 24.2 Å². The number of benzene rings is 2. The number of piperidine rings is 1. The van der Waals surface area contributed by atoms with Gasteiger partial charge in [0, 0.05) is 24.2 Å². The summed E-state index contributed by atoms with van der Waals surface area (Å²) in [4.78, 5) is 14.4. The molecule has 132 valence electrons. The highest BCUT2D eigenvalue weighted by molar-refractivity contribution is 5.94. The lowest BCUT2D eigenvalue weighted by Crippen LogP contribution is -2.43. The Morgan fingerprint density at radius 3 is 2.72 bits per heavy atom. The number of carbonyl (C=O) groups excluding carboxylic acids is 1. The lowest BCUT2D eigenvalue weighted by molar-refractivity contribution is -0.00769. The Morgan fingerprint density at radius 2 is 1.96 bits per heavy atom. The average Bonchev–Trinajstić information content (AvgIpc) is 2.63. The van der Waals surface area contributed by atoms with Crippen molar-refractivity contribution in [3.63, 3.8) is 0 Å². The predicted molar refractivity (Wildman–Crippen MR) is 91.3 cm³/mol. The van der Waals surface area contributed by atoms with Gasteiger partial charge in [-0.25, -0.2) is 8.78 Å². The number of carbonyl (C=O) groups is 1. The van der Waals surface area contributed by atoms with Crippen LogP contribution in [-0.4, -0.2) is 30.0 Å². The summed E-state index contributed by atoms with van der Waals surface area (Å²) < 4.78 is 32.6. The molecular weight excluding hydrogens is 324 g/mol. The second kappa shape index (κ2) is 7.74. The number of halogens is 2. The topological polar surface area (TPSA) is 29.5 Å². The monoisotopic (exact) mass is 345 g/mol. The molecule has 0 aliphatic carbocycles. The van der Waals surface area contributed by atoms with Crippen molar-refractivity contribution in [3.05, 3.63) is 70.8 Å². The number of amides is 1. The Balaban J connectivity index is 1.60. The van der Waals surface area contributed by atoms with E-state index in [4.69, 9.17) is 4.74 Å². The van der Waals surface area contributed by atoms with Crippen LogP contribution in [0, 0.1) is 18.6 Å². The first kappa shape index (κ1) is 17.5. The zero-order valence-electron chi connectivity index (χ0n) is 14.2. The maximum Gasteiger partial charge on any atom is 0.253 e. The molecule has 0 saturated carbocycles. The van der Waals surface area contributed by atoms with Crippen LogP contribution in [0.5, 0.6) is 0 Å². The Morgan fingerprint density at radius 1 is 1.20 bits per heavy atom. The van der Waals surface area contributed by atoms with E-state index in [9.17, 15) is 13.6 Å². The lowest BCUT2D eigenvalue weighted by Gasteiger charge is -2.32. The molecule has 2 aromatic carbocycles. The zero-order valence-corrected chi connectivity index (χ0v) is 14.2. The average molecular weight is 345 g/mol. The van der Waals surface area contributed by atoms with Gasteiger partial charge in [0.2, 0.25) is 0 Å². The van der Waals surface area contributed by atoms with E-state index >= 15 is 0 Å². The molecule has 3 nitrogen and oxygen atoms in total. The lowest BCUT2D eigenvalue weighted by atomic mass is 10.1. The number of aryl methyl sites for hydroxylation is 1. The van der Waals surface area contributed by atoms with Gasteiger partial charge in [-0.2, -0.15) is 0 Å². The van der Waals surface area contributed by atoms with Crippen LogP contribution in [0.4, 0.5) is 8.78 Å². The fourth-order valence-corrected chi connectivity index (χ4v) is 3.00. The van der Waals surface area contributed by atoms with E-state index in [0.717, 1.165) is 36.6 Å². The third kappa shape index (κ3) is 4.42. The van der Waals surface area contributed by atoms with Crippen molar-refractivity contribution >= 4 is 5.91 Å². The van der Waals surface area contributed by atoms with Gasteiger partial charge in [0.15, 0.2) is 0 Å². The van der Waals surface area contributed by atoms with E-state index in [1.165, 1.54) is 0 Å². The summed E-state index contributed by atoms with van der Waals surface area (Å²) in [5.74, 6) is -0.991. The summed E-state index contributed by atoms with van der Waals surface area (Å²) in [6.07, 6.45) is 1.45. The van der Waals surface area contributed by atoms with Gasteiger partial charge in [0.05, 0.1) is 12.7 Å². The van der Waals surface area contributed by atoms with Gasteiger partial charge in [-0.15, -0.1) is 0 Å². The summed E-state index contributed by atoms with van der Waals surface area (Å²) in [7, 11) is 0. The van der Waals surface area contributed by atoms with Crippen molar-refractivity contribution in [3.8, 4) is 0 Å². The van der Waals surface area contributed by atoms with Crippen LogP contribution in [0.2, 0.25) is 0 Å². The SMILES string of the molecule is Cc1ccc(C(=O)N2CCCC(OCc3cc(F)ccc3F)C2)cc1. The minimum absolute atomic E-state index is 0.000816. The number of nitrogens with zero attached hydrogens (tertiary/aromatic N) is 1. The van der Waals surface area contributed by atoms with Gasteiger partial charge < -0.3 is 9.64 Å². The molecular formula is C20H21F2NO2. The molecule has 0 aromatic heterocycles. The first-order valence-corrected chi connectivity index (χ1v) is 8.44. The molecule has 0 spiro atoms. The Hall–Kier alpha value is -2.27. The number of rotatable bonds is 4. The van der Waals surface area contributed by atoms with Gasteiger partial charge in [0.1, 0.15) is 11.6 Å². The molecule has 0 bridgehead atoms. The van der Waals surface area contributed by atoms with Crippen molar-refractivity contribution in [1.29, 1.82) is 0 Å². The van der Waals surface area contributed by atoms with E-state index in [1.807, 2.05) is 31.2 Å². The van der Waals surface area contributed by atoms with Crippen LogP contribution in [-0.2, 0) is 11.3 Å². The molecule has 5 heteroatoms. The molecule has 25 heavy (non-hydrogen) atoms. The number of hydrogen-bond acceptors (Lipinski definition) is 2. The Labute approximate surface area is 146 Å². The third-order valence-corrected chi connectivity index (χ3v) is 4.45. The first-order chi connectivity index (χ1) is 12.0. The fraction of sp³-hybridized carbons (Fsp3) is 0.350. The third-order valence-electron chi connectivity index (χ3n) is 4.45. The zero-order chi connectivity index (χ0) is 17.8. The highest BCUT2D eigenvalue weighted by atomic mass is 19.1. The minimum atomic E-state index is -0.486. The van der Waals surface area contributed by atoms with Gasteiger partial charge in [0.25, 0.3) is 5.91 Å². The summed E-state index contributed by atoms with van der Waals surface area (Å²) in [6, 6.07) is 10.8. The van der Waals surface area contributed by atoms with Crippen LogP contribution in [0.3, 0.4) is 0 Å². The smallest absolute Gasteiger partial charge is 0.253 e. The molecule has 1 saturated heterocycles. The van der Waals surface area contributed by atoms with Crippen molar-refractivity contribution in [2.75, 3.05) is 13.1 Å². The molecule has 0 N–H and O–H groups in total. The van der Waals surface area contributed by atoms with Crippen molar-refractivity contribution < 1.29 is 18.3 Å². The normalized spacial score (nSPS) is 17.6. The summed E-state index contributed by atoms with van der Waals surface area (Å²) >= 11 is 0. The molecule has 1 aliphatic rings. The largest absolute Gasteiger partial charge is 0.372 e. The van der Waals surface area contributed by atoms with Gasteiger partial charge in [-0.1, -0.05) is 17.7 Å². The highest BCUT2D eigenvalue weighted by Gasteiger charge is 2.25. The highest BCUT2D eigenvalue weighted by Crippen LogP contribution is 2.19. The molecule has 1 unspecified atom stereocenters. The first-order valence-electron chi connectivity index (χ1n) is 8.44. The van der Waals surface area contributed by atoms with Crippen LogP contribution in [0.25, 0.3) is 0 Å². The maximum absolute atomic E-state index is 13.7. The Bertz CT molecular complexity index is 746. The van der Waals surface area contributed by atoms with Crippen LogP contribution >= 0.6 is 0 Å². The molecule has 1 fully saturated rings. The molecule has 1 heterocycles. The summed E-state index contributed by atoms with van der Waals surface area (Å²) in [6.45, 7) is 3.12. The molecule has 0 radical (unpaired) electrons. The minimum Gasteiger partial charge on any atom is -0.372 e. The van der Waals surface area contributed by atoms with Crippen LogP contribution in [0.1, 0.15) is 34.3 Å². The van der Waals surface area contributed by atoms with E-state index in [2.05, 4.69) is 0 Å². The van der Waals surface area contributed by atoms with Gasteiger partial charge >= 0.3 is 0 Å². The standard InChI is InChI=1S/C20H21F2NO2/c1-14-4-6-15(7-5-14)20(24)23-10-2-3-18(12-23)25-13-16-11-17(21)8-9-19(16)22/h4-9,11,18H,2-3,10,12-13H2,1H3. The molecule has 1 atom stereocenters. The van der Waals surface area contributed by atoms with Crippen molar-refractivity contribution in [2.24, 2.45) is 0 Å². The fourth-order valence-electron chi connectivity index (χ4n) is 3.00. The number of ether oxygens (including phenoxy) is 1.